The molecule has 4 rings (SSSR count). The molecule has 0 unspecified atom stereocenters. The molecule has 0 saturated heterocycles. The number of nitrogen functional groups attached to an aromatic ring is 1. The van der Waals surface area contributed by atoms with Gasteiger partial charge in [0.05, 0.1) is 7.11 Å². The fourth-order valence-electron chi connectivity index (χ4n) is 3.15. The standard InChI is InChI=1S/C24H20N4O3/c1-16-12-18(14-19(13-16)30-2)8-9-20-21-22(25)26-10-11-28(21)23(27-20)24(29)31-15-17-6-4-3-5-7-17/h3-7,10-14H,15H2,1-2H3,(H2,25,26). The molecule has 0 radical (unpaired) electrons. The zero-order chi connectivity index (χ0) is 21.8. The number of carbonyl (C=O) groups is 1. The molecule has 0 aliphatic carbocycles. The van der Waals surface area contributed by atoms with Gasteiger partial charge in [0.1, 0.15) is 23.6 Å². The number of fused-ring (bicyclic) bond motifs is 1. The molecule has 0 atom stereocenters. The molecule has 2 aromatic heterocycles. The van der Waals surface area contributed by atoms with E-state index in [0.29, 0.717) is 17.0 Å². The SMILES string of the molecule is COc1cc(C)cc(C#Cc2nc(C(=O)OCc3ccccc3)n3ccnc(N)c23)c1. The van der Waals surface area contributed by atoms with Crippen LogP contribution in [0.3, 0.4) is 0 Å². The van der Waals surface area contributed by atoms with E-state index in [9.17, 15) is 4.79 Å². The third-order valence-corrected chi connectivity index (χ3v) is 4.59. The van der Waals surface area contributed by atoms with Gasteiger partial charge in [0.25, 0.3) is 0 Å². The monoisotopic (exact) mass is 412 g/mol. The minimum atomic E-state index is -0.574. The summed E-state index contributed by atoms with van der Waals surface area (Å²) in [5, 5.41) is 0. The number of carbonyl (C=O) groups excluding carboxylic acids is 1. The number of rotatable bonds is 4. The number of nitrogens with two attached hydrogens (primary N) is 1. The van der Waals surface area contributed by atoms with E-state index in [1.807, 2.05) is 55.5 Å². The Kier molecular flexibility index (Phi) is 5.54. The first-order valence-electron chi connectivity index (χ1n) is 9.56. The zero-order valence-electron chi connectivity index (χ0n) is 17.1. The van der Waals surface area contributed by atoms with Crippen LogP contribution in [-0.2, 0) is 11.3 Å². The van der Waals surface area contributed by atoms with Crippen LogP contribution in [0.15, 0.2) is 60.9 Å². The highest BCUT2D eigenvalue weighted by atomic mass is 16.5. The van der Waals surface area contributed by atoms with Crippen LogP contribution in [0.25, 0.3) is 5.52 Å². The van der Waals surface area contributed by atoms with Crippen molar-refractivity contribution in [1.82, 2.24) is 14.4 Å². The first kappa shape index (κ1) is 20.0. The highest BCUT2D eigenvalue weighted by Gasteiger charge is 2.20. The van der Waals surface area contributed by atoms with Crippen molar-refractivity contribution in [3.05, 3.63) is 89.1 Å². The van der Waals surface area contributed by atoms with Crippen molar-refractivity contribution in [2.75, 3.05) is 12.8 Å². The van der Waals surface area contributed by atoms with Crippen molar-refractivity contribution in [2.45, 2.75) is 13.5 Å². The molecule has 7 heteroatoms. The summed E-state index contributed by atoms with van der Waals surface area (Å²) in [6, 6.07) is 15.1. The van der Waals surface area contributed by atoms with Gasteiger partial charge in [0.15, 0.2) is 5.82 Å². The lowest BCUT2D eigenvalue weighted by atomic mass is 10.1. The van der Waals surface area contributed by atoms with E-state index < -0.39 is 5.97 Å². The molecule has 0 amide bonds. The third kappa shape index (κ3) is 4.33. The molecule has 4 aromatic rings. The Morgan fingerprint density at radius 1 is 1.16 bits per heavy atom. The van der Waals surface area contributed by atoms with Gasteiger partial charge in [0, 0.05) is 18.0 Å². The molecule has 2 heterocycles. The maximum atomic E-state index is 12.7. The van der Waals surface area contributed by atoms with E-state index in [4.69, 9.17) is 15.2 Å². The lowest BCUT2D eigenvalue weighted by Crippen LogP contribution is -2.10. The highest BCUT2D eigenvalue weighted by molar-refractivity contribution is 5.89. The summed E-state index contributed by atoms with van der Waals surface area (Å²) in [6.45, 7) is 2.10. The second kappa shape index (κ2) is 8.59. The molecule has 7 nitrogen and oxygen atoms in total. The number of nitrogens with zero attached hydrogens (tertiary/aromatic N) is 3. The fraction of sp³-hybridized carbons (Fsp3) is 0.125. The van der Waals surface area contributed by atoms with Gasteiger partial charge in [-0.05, 0) is 42.2 Å². The molecule has 31 heavy (non-hydrogen) atoms. The largest absolute Gasteiger partial charge is 0.497 e. The van der Waals surface area contributed by atoms with Crippen LogP contribution in [-0.4, -0.2) is 27.4 Å². The number of hydrogen-bond donors (Lipinski definition) is 1. The van der Waals surface area contributed by atoms with Gasteiger partial charge in [-0.25, -0.2) is 14.8 Å². The van der Waals surface area contributed by atoms with E-state index in [1.165, 1.54) is 6.20 Å². The normalized spacial score (nSPS) is 10.4. The van der Waals surface area contributed by atoms with Crippen LogP contribution in [0.5, 0.6) is 5.75 Å². The summed E-state index contributed by atoms with van der Waals surface area (Å²) in [5.41, 5.74) is 9.52. The van der Waals surface area contributed by atoms with Crippen molar-refractivity contribution < 1.29 is 14.3 Å². The van der Waals surface area contributed by atoms with Crippen LogP contribution in [0, 0.1) is 18.8 Å². The maximum Gasteiger partial charge on any atom is 0.375 e. The van der Waals surface area contributed by atoms with Crippen molar-refractivity contribution in [1.29, 1.82) is 0 Å². The van der Waals surface area contributed by atoms with Gasteiger partial charge >= 0.3 is 5.97 Å². The molecule has 0 aliphatic heterocycles. The van der Waals surface area contributed by atoms with Crippen LogP contribution in [0.2, 0.25) is 0 Å². The Labute approximate surface area is 179 Å². The van der Waals surface area contributed by atoms with Crippen molar-refractivity contribution in [2.24, 2.45) is 0 Å². The lowest BCUT2D eigenvalue weighted by molar-refractivity contribution is 0.0457. The van der Waals surface area contributed by atoms with Gasteiger partial charge in [-0.1, -0.05) is 36.3 Å². The highest BCUT2D eigenvalue weighted by Crippen LogP contribution is 2.19. The molecule has 0 spiro atoms. The molecule has 0 aliphatic rings. The average Bonchev–Trinajstić information content (AvgIpc) is 3.16. The Morgan fingerprint density at radius 2 is 1.97 bits per heavy atom. The number of hydrogen-bond acceptors (Lipinski definition) is 6. The van der Waals surface area contributed by atoms with Crippen molar-refractivity contribution in [3.63, 3.8) is 0 Å². The molecule has 2 N–H and O–H groups in total. The van der Waals surface area contributed by atoms with Crippen LogP contribution >= 0.6 is 0 Å². The predicted molar refractivity (Wildman–Crippen MR) is 117 cm³/mol. The molecule has 0 bridgehead atoms. The number of aromatic nitrogens is 3. The topological polar surface area (TPSA) is 91.7 Å². The third-order valence-electron chi connectivity index (χ3n) is 4.59. The molecule has 154 valence electrons. The summed E-state index contributed by atoms with van der Waals surface area (Å²) in [4.78, 5) is 21.2. The lowest BCUT2D eigenvalue weighted by Gasteiger charge is -2.04. The molecule has 0 fully saturated rings. The molecule has 2 aromatic carbocycles. The number of methoxy groups -OCH3 is 1. The number of benzene rings is 2. The number of ether oxygens (including phenoxy) is 2. The Bertz CT molecular complexity index is 1320. The van der Waals surface area contributed by atoms with E-state index in [-0.39, 0.29) is 18.2 Å². The van der Waals surface area contributed by atoms with Crippen LogP contribution in [0.4, 0.5) is 5.82 Å². The molecular weight excluding hydrogens is 392 g/mol. The summed E-state index contributed by atoms with van der Waals surface area (Å²) in [7, 11) is 1.61. The van der Waals surface area contributed by atoms with Crippen LogP contribution in [0.1, 0.15) is 33.0 Å². The fourth-order valence-corrected chi connectivity index (χ4v) is 3.15. The van der Waals surface area contributed by atoms with Crippen LogP contribution < -0.4 is 10.5 Å². The summed E-state index contributed by atoms with van der Waals surface area (Å²) >= 11 is 0. The zero-order valence-corrected chi connectivity index (χ0v) is 17.1. The van der Waals surface area contributed by atoms with Crippen molar-refractivity contribution >= 4 is 17.3 Å². The van der Waals surface area contributed by atoms with E-state index in [1.54, 1.807) is 17.7 Å². The van der Waals surface area contributed by atoms with Gasteiger partial charge in [-0.2, -0.15) is 0 Å². The van der Waals surface area contributed by atoms with Gasteiger partial charge in [-0.3, -0.25) is 4.40 Å². The summed E-state index contributed by atoms with van der Waals surface area (Å²) in [6.07, 6.45) is 3.11. The first-order valence-corrected chi connectivity index (χ1v) is 9.56. The number of anilines is 1. The second-order valence-corrected chi connectivity index (χ2v) is 6.87. The van der Waals surface area contributed by atoms with Gasteiger partial charge in [0.2, 0.25) is 5.82 Å². The number of imidazole rings is 1. The second-order valence-electron chi connectivity index (χ2n) is 6.87. The number of esters is 1. The molecule has 0 saturated carbocycles. The Morgan fingerprint density at radius 3 is 2.74 bits per heavy atom. The first-order chi connectivity index (χ1) is 15.0. The summed E-state index contributed by atoms with van der Waals surface area (Å²) < 4.78 is 12.3. The smallest absolute Gasteiger partial charge is 0.375 e. The minimum Gasteiger partial charge on any atom is -0.497 e. The van der Waals surface area contributed by atoms with Crippen molar-refractivity contribution in [3.8, 4) is 17.6 Å². The van der Waals surface area contributed by atoms with Gasteiger partial charge < -0.3 is 15.2 Å². The summed E-state index contributed by atoms with van der Waals surface area (Å²) in [5.74, 6) is 6.52. The Hall–Kier alpha value is -4.31. The van der Waals surface area contributed by atoms with E-state index in [0.717, 1.165) is 16.7 Å². The van der Waals surface area contributed by atoms with Gasteiger partial charge in [-0.15, -0.1) is 0 Å². The quantitative estimate of drug-likeness (QED) is 0.408. The average molecular weight is 412 g/mol. The minimum absolute atomic E-state index is 0.0890. The number of aryl methyl sites for hydroxylation is 1. The predicted octanol–water partition coefficient (Wildman–Crippen LogP) is 3.39. The van der Waals surface area contributed by atoms with E-state index >= 15 is 0 Å². The Balaban J connectivity index is 1.69. The maximum absolute atomic E-state index is 12.7. The van der Waals surface area contributed by atoms with E-state index in [2.05, 4.69) is 21.8 Å². The molecular formula is C24H20N4O3.